The van der Waals surface area contributed by atoms with Crippen LogP contribution in [0.5, 0.6) is 0 Å². The zero-order valence-electron chi connectivity index (χ0n) is 12.6. The first kappa shape index (κ1) is 13.0. The van der Waals surface area contributed by atoms with Gasteiger partial charge in [0, 0.05) is 34.9 Å². The highest BCUT2D eigenvalue weighted by Crippen LogP contribution is 2.30. The Hall–Kier alpha value is -3.54. The molecule has 0 fully saturated rings. The van der Waals surface area contributed by atoms with Crippen LogP contribution in [0.1, 0.15) is 0 Å². The third-order valence-electron chi connectivity index (χ3n) is 4.07. The van der Waals surface area contributed by atoms with Gasteiger partial charge in [0.05, 0.1) is 23.1 Å². The highest BCUT2D eigenvalue weighted by Gasteiger charge is 2.12. The van der Waals surface area contributed by atoms with Gasteiger partial charge in [-0.3, -0.25) is 15.1 Å². The van der Waals surface area contributed by atoms with Crippen LogP contribution in [0.3, 0.4) is 0 Å². The van der Waals surface area contributed by atoms with E-state index in [0.29, 0.717) is 0 Å². The number of nitrogens with zero attached hydrogens (tertiary/aromatic N) is 4. The molecular formula is C18H12N6. The average molecular weight is 312 g/mol. The van der Waals surface area contributed by atoms with Gasteiger partial charge in [-0.25, -0.2) is 4.98 Å². The lowest BCUT2D eigenvalue weighted by Crippen LogP contribution is -1.84. The molecule has 0 atom stereocenters. The fourth-order valence-corrected chi connectivity index (χ4v) is 2.91. The molecule has 5 aromatic rings. The van der Waals surface area contributed by atoms with Gasteiger partial charge in [-0.05, 0) is 30.3 Å². The molecule has 0 unspecified atom stereocenters. The van der Waals surface area contributed by atoms with E-state index < -0.39 is 0 Å². The van der Waals surface area contributed by atoms with E-state index in [1.165, 1.54) is 0 Å². The summed E-state index contributed by atoms with van der Waals surface area (Å²) in [5.41, 5.74) is 5.48. The summed E-state index contributed by atoms with van der Waals surface area (Å²) in [4.78, 5) is 16.2. The van der Waals surface area contributed by atoms with Crippen molar-refractivity contribution in [2.24, 2.45) is 0 Å². The molecule has 1 aromatic carbocycles. The molecule has 0 bridgehead atoms. The van der Waals surface area contributed by atoms with E-state index in [9.17, 15) is 0 Å². The first-order chi connectivity index (χ1) is 11.9. The monoisotopic (exact) mass is 312 g/mol. The fraction of sp³-hybridized carbons (Fsp3) is 0. The highest BCUT2D eigenvalue weighted by molar-refractivity contribution is 5.96. The SMILES string of the molecule is c1cnc2[nH]c(-c3n[nH]c4ccc(-c5cnccn5)cc34)cc2c1. The molecule has 4 aromatic heterocycles. The van der Waals surface area contributed by atoms with Crippen LogP contribution in [0.25, 0.3) is 44.6 Å². The van der Waals surface area contributed by atoms with Gasteiger partial charge in [0.2, 0.25) is 0 Å². The maximum Gasteiger partial charge on any atom is 0.137 e. The molecule has 0 saturated carbocycles. The summed E-state index contributed by atoms with van der Waals surface area (Å²) in [7, 11) is 0. The van der Waals surface area contributed by atoms with E-state index in [-0.39, 0.29) is 0 Å². The van der Waals surface area contributed by atoms with Crippen molar-refractivity contribution in [3.63, 3.8) is 0 Å². The van der Waals surface area contributed by atoms with Gasteiger partial charge in [-0.2, -0.15) is 5.10 Å². The topological polar surface area (TPSA) is 83.1 Å². The fourth-order valence-electron chi connectivity index (χ4n) is 2.91. The van der Waals surface area contributed by atoms with E-state index in [1.54, 1.807) is 24.8 Å². The number of rotatable bonds is 2. The zero-order valence-corrected chi connectivity index (χ0v) is 12.6. The van der Waals surface area contributed by atoms with Crippen LogP contribution in [0, 0.1) is 0 Å². The summed E-state index contributed by atoms with van der Waals surface area (Å²) in [6, 6.07) is 12.1. The predicted octanol–water partition coefficient (Wildman–Crippen LogP) is 3.56. The molecule has 6 nitrogen and oxygen atoms in total. The number of fused-ring (bicyclic) bond motifs is 2. The molecule has 0 amide bonds. The quantitative estimate of drug-likeness (QED) is 0.522. The molecule has 0 aliphatic rings. The largest absolute Gasteiger partial charge is 0.338 e. The second-order valence-corrected chi connectivity index (χ2v) is 5.55. The lowest BCUT2D eigenvalue weighted by Gasteiger charge is -2.00. The van der Waals surface area contributed by atoms with Crippen molar-refractivity contribution in [2.45, 2.75) is 0 Å². The second-order valence-electron chi connectivity index (χ2n) is 5.55. The smallest absolute Gasteiger partial charge is 0.137 e. The Morgan fingerprint density at radius 3 is 2.79 bits per heavy atom. The number of benzene rings is 1. The van der Waals surface area contributed by atoms with Crippen molar-refractivity contribution in [1.82, 2.24) is 30.1 Å². The predicted molar refractivity (Wildman–Crippen MR) is 92.2 cm³/mol. The average Bonchev–Trinajstić information content (AvgIpc) is 3.25. The molecule has 24 heavy (non-hydrogen) atoms. The Labute approximate surface area is 136 Å². The highest BCUT2D eigenvalue weighted by atomic mass is 15.1. The van der Waals surface area contributed by atoms with Crippen molar-refractivity contribution < 1.29 is 0 Å². The maximum absolute atomic E-state index is 4.48. The summed E-state index contributed by atoms with van der Waals surface area (Å²) < 4.78 is 0. The van der Waals surface area contributed by atoms with E-state index in [2.05, 4.69) is 42.3 Å². The molecule has 4 heterocycles. The zero-order chi connectivity index (χ0) is 15.9. The van der Waals surface area contributed by atoms with Gasteiger partial charge in [0.25, 0.3) is 0 Å². The van der Waals surface area contributed by atoms with Crippen LogP contribution in [-0.2, 0) is 0 Å². The Morgan fingerprint density at radius 1 is 0.917 bits per heavy atom. The second kappa shape index (κ2) is 4.99. The van der Waals surface area contributed by atoms with Gasteiger partial charge in [0.15, 0.2) is 0 Å². The molecule has 0 aliphatic carbocycles. The van der Waals surface area contributed by atoms with Crippen LogP contribution in [-0.4, -0.2) is 30.1 Å². The van der Waals surface area contributed by atoms with Crippen LogP contribution in [0.2, 0.25) is 0 Å². The van der Waals surface area contributed by atoms with Gasteiger partial charge in [0.1, 0.15) is 11.3 Å². The van der Waals surface area contributed by atoms with E-state index in [1.807, 2.05) is 24.3 Å². The summed E-state index contributed by atoms with van der Waals surface area (Å²) in [5.74, 6) is 0. The third-order valence-corrected chi connectivity index (χ3v) is 4.07. The van der Waals surface area contributed by atoms with Crippen LogP contribution >= 0.6 is 0 Å². The number of hydrogen-bond donors (Lipinski definition) is 2. The molecular weight excluding hydrogens is 300 g/mol. The van der Waals surface area contributed by atoms with Gasteiger partial charge >= 0.3 is 0 Å². The number of aromatic nitrogens is 6. The standard InChI is InChI=1S/C18H12N6/c1-2-12-9-15(22-18(12)21-5-1)17-13-8-11(3-4-14(13)23-24-17)16-10-19-6-7-20-16/h1-10H,(H,21,22)(H,23,24). The molecule has 0 saturated heterocycles. The normalized spacial score (nSPS) is 11.3. The van der Waals surface area contributed by atoms with Crippen molar-refractivity contribution in [2.75, 3.05) is 0 Å². The number of hydrogen-bond acceptors (Lipinski definition) is 4. The van der Waals surface area contributed by atoms with Gasteiger partial charge in [-0.1, -0.05) is 6.07 Å². The van der Waals surface area contributed by atoms with Gasteiger partial charge < -0.3 is 4.98 Å². The van der Waals surface area contributed by atoms with Crippen molar-refractivity contribution in [3.8, 4) is 22.6 Å². The summed E-state index contributed by atoms with van der Waals surface area (Å²) in [5, 5.41) is 9.65. The lowest BCUT2D eigenvalue weighted by molar-refractivity contribution is 1.12. The van der Waals surface area contributed by atoms with Crippen molar-refractivity contribution in [1.29, 1.82) is 0 Å². The minimum Gasteiger partial charge on any atom is -0.338 e. The van der Waals surface area contributed by atoms with Crippen LogP contribution in [0.15, 0.2) is 61.2 Å². The summed E-state index contributed by atoms with van der Waals surface area (Å²) in [6.07, 6.45) is 6.90. The van der Waals surface area contributed by atoms with Crippen LogP contribution in [0.4, 0.5) is 0 Å². The van der Waals surface area contributed by atoms with E-state index >= 15 is 0 Å². The van der Waals surface area contributed by atoms with Crippen molar-refractivity contribution >= 4 is 21.9 Å². The molecule has 0 aliphatic heterocycles. The number of aromatic amines is 2. The summed E-state index contributed by atoms with van der Waals surface area (Å²) >= 11 is 0. The number of H-pyrrole nitrogens is 2. The van der Waals surface area contributed by atoms with E-state index in [4.69, 9.17) is 0 Å². The third kappa shape index (κ3) is 1.97. The molecule has 0 spiro atoms. The summed E-state index contributed by atoms with van der Waals surface area (Å²) in [6.45, 7) is 0. The Morgan fingerprint density at radius 2 is 1.92 bits per heavy atom. The molecule has 0 radical (unpaired) electrons. The minimum absolute atomic E-state index is 0.838. The lowest BCUT2D eigenvalue weighted by atomic mass is 10.1. The Kier molecular flexibility index (Phi) is 2.69. The first-order valence-electron chi connectivity index (χ1n) is 7.57. The Balaban J connectivity index is 1.71. The Bertz CT molecular complexity index is 1120. The number of pyridine rings is 1. The van der Waals surface area contributed by atoms with E-state index in [0.717, 1.165) is 44.6 Å². The van der Waals surface area contributed by atoms with Gasteiger partial charge in [-0.15, -0.1) is 0 Å². The maximum atomic E-state index is 4.48. The molecule has 6 heteroatoms. The molecule has 2 N–H and O–H groups in total. The number of nitrogens with one attached hydrogen (secondary N) is 2. The first-order valence-corrected chi connectivity index (χ1v) is 7.57. The van der Waals surface area contributed by atoms with Crippen LogP contribution < -0.4 is 0 Å². The molecule has 5 rings (SSSR count). The van der Waals surface area contributed by atoms with Crippen molar-refractivity contribution in [3.05, 3.63) is 61.2 Å². The molecule has 114 valence electrons. The minimum atomic E-state index is 0.838.